The van der Waals surface area contributed by atoms with Crippen LogP contribution in [0.5, 0.6) is 0 Å². The Morgan fingerprint density at radius 2 is 1.57 bits per heavy atom. The van der Waals surface area contributed by atoms with Crippen LogP contribution in [0.15, 0.2) is 30.3 Å². The van der Waals surface area contributed by atoms with Crippen molar-refractivity contribution in [3.63, 3.8) is 0 Å². The maximum absolute atomic E-state index is 12.1. The van der Waals surface area contributed by atoms with Crippen molar-refractivity contribution in [2.75, 3.05) is 6.54 Å². The molecular weight excluding hydrogens is 282 g/mol. The molecule has 0 aliphatic heterocycles. The lowest BCUT2D eigenvalue weighted by Gasteiger charge is -2.12. The molecule has 0 aliphatic carbocycles. The molecule has 1 N–H and O–H groups in total. The first-order valence-corrected chi connectivity index (χ1v) is 9.55. The highest BCUT2D eigenvalue weighted by atomic mass is 16.1. The summed E-state index contributed by atoms with van der Waals surface area (Å²) in [5.74, 6) is 0.313. The third-order valence-corrected chi connectivity index (χ3v) is 4.49. The highest BCUT2D eigenvalue weighted by Crippen LogP contribution is 2.10. The number of hydrogen-bond donors (Lipinski definition) is 1. The average Bonchev–Trinajstić information content (AvgIpc) is 2.59. The third-order valence-electron chi connectivity index (χ3n) is 4.49. The minimum atomic E-state index is 0.101. The molecule has 0 aromatic heterocycles. The summed E-state index contributed by atoms with van der Waals surface area (Å²) in [6, 6.07) is 10.4. The van der Waals surface area contributed by atoms with Gasteiger partial charge in [0.05, 0.1) is 0 Å². The highest BCUT2D eigenvalue weighted by Gasteiger charge is 2.11. The van der Waals surface area contributed by atoms with Crippen LogP contribution in [-0.4, -0.2) is 12.5 Å². The molecule has 2 heteroatoms. The zero-order valence-electron chi connectivity index (χ0n) is 15.2. The fraction of sp³-hybridized carbons (Fsp3) is 0.667. The van der Waals surface area contributed by atoms with E-state index in [4.69, 9.17) is 0 Å². The van der Waals surface area contributed by atoms with E-state index in [-0.39, 0.29) is 11.8 Å². The fourth-order valence-electron chi connectivity index (χ4n) is 2.80. The summed E-state index contributed by atoms with van der Waals surface area (Å²) in [5.41, 5.74) is 1.32. The van der Waals surface area contributed by atoms with Crippen LogP contribution in [0.2, 0.25) is 0 Å². The highest BCUT2D eigenvalue weighted by molar-refractivity contribution is 5.78. The number of amides is 1. The van der Waals surface area contributed by atoms with E-state index in [2.05, 4.69) is 36.5 Å². The molecule has 0 saturated heterocycles. The molecule has 0 saturated carbocycles. The molecule has 0 heterocycles. The van der Waals surface area contributed by atoms with Gasteiger partial charge in [0.15, 0.2) is 0 Å². The minimum Gasteiger partial charge on any atom is -0.356 e. The smallest absolute Gasteiger partial charge is 0.222 e. The molecule has 23 heavy (non-hydrogen) atoms. The van der Waals surface area contributed by atoms with Crippen LogP contribution < -0.4 is 5.32 Å². The lowest BCUT2D eigenvalue weighted by Crippen LogP contribution is -2.30. The van der Waals surface area contributed by atoms with Gasteiger partial charge >= 0.3 is 0 Å². The van der Waals surface area contributed by atoms with Crippen molar-refractivity contribution in [1.82, 2.24) is 5.32 Å². The van der Waals surface area contributed by atoms with Gasteiger partial charge in [0.25, 0.3) is 0 Å². The Labute approximate surface area is 143 Å². The Morgan fingerprint density at radius 1 is 0.957 bits per heavy atom. The molecule has 1 rings (SSSR count). The minimum absolute atomic E-state index is 0.101. The topological polar surface area (TPSA) is 29.1 Å². The lowest BCUT2D eigenvalue weighted by atomic mass is 10.0. The second-order valence-electron chi connectivity index (χ2n) is 6.69. The molecule has 1 aromatic carbocycles. The van der Waals surface area contributed by atoms with Crippen LogP contribution in [0.1, 0.15) is 77.2 Å². The molecule has 0 spiro atoms. The SMILES string of the molecule is CCCCCCCCCCNC(=O)[C@@H](C)CCc1ccccc1. The fourth-order valence-corrected chi connectivity index (χ4v) is 2.80. The van der Waals surface area contributed by atoms with Crippen molar-refractivity contribution < 1.29 is 4.79 Å². The third kappa shape index (κ3) is 10.1. The molecule has 0 fully saturated rings. The van der Waals surface area contributed by atoms with Crippen molar-refractivity contribution in [1.29, 1.82) is 0 Å². The van der Waals surface area contributed by atoms with Crippen molar-refractivity contribution in [2.24, 2.45) is 5.92 Å². The maximum Gasteiger partial charge on any atom is 0.222 e. The van der Waals surface area contributed by atoms with Crippen molar-refractivity contribution in [2.45, 2.75) is 78.1 Å². The number of benzene rings is 1. The number of carbonyl (C=O) groups excluding carboxylic acids is 1. The second-order valence-corrected chi connectivity index (χ2v) is 6.69. The van der Waals surface area contributed by atoms with Crippen molar-refractivity contribution in [3.05, 3.63) is 35.9 Å². The summed E-state index contributed by atoms with van der Waals surface area (Å²) in [5, 5.41) is 3.09. The van der Waals surface area contributed by atoms with Gasteiger partial charge in [-0.25, -0.2) is 0 Å². The summed E-state index contributed by atoms with van der Waals surface area (Å²) >= 11 is 0. The van der Waals surface area contributed by atoms with E-state index in [0.717, 1.165) is 25.8 Å². The van der Waals surface area contributed by atoms with Gasteiger partial charge in [-0.3, -0.25) is 4.79 Å². The molecule has 0 radical (unpaired) electrons. The van der Waals surface area contributed by atoms with Gasteiger partial charge in [-0.15, -0.1) is 0 Å². The Morgan fingerprint density at radius 3 is 2.22 bits per heavy atom. The van der Waals surface area contributed by atoms with Gasteiger partial charge in [0, 0.05) is 12.5 Å². The molecule has 0 unspecified atom stereocenters. The van der Waals surface area contributed by atoms with E-state index in [1.807, 2.05) is 13.0 Å². The summed E-state index contributed by atoms with van der Waals surface area (Å²) in [6.07, 6.45) is 12.4. The molecule has 1 aromatic rings. The van der Waals surface area contributed by atoms with Crippen LogP contribution in [0.4, 0.5) is 0 Å². The zero-order valence-corrected chi connectivity index (χ0v) is 15.2. The van der Waals surface area contributed by atoms with Gasteiger partial charge in [-0.2, -0.15) is 0 Å². The lowest BCUT2D eigenvalue weighted by molar-refractivity contribution is -0.124. The van der Waals surface area contributed by atoms with E-state index in [1.165, 1.54) is 50.5 Å². The van der Waals surface area contributed by atoms with Gasteiger partial charge in [-0.05, 0) is 24.8 Å². The summed E-state index contributed by atoms with van der Waals surface area (Å²) in [7, 11) is 0. The standard InChI is InChI=1S/C21H35NO/c1-3-4-5-6-7-8-9-13-18-22-21(23)19(2)16-17-20-14-11-10-12-15-20/h10-12,14-15,19H,3-9,13,16-18H2,1-2H3,(H,22,23)/t19-/m0/s1. The van der Waals surface area contributed by atoms with Crippen molar-refractivity contribution >= 4 is 5.91 Å². The average molecular weight is 318 g/mol. The molecule has 130 valence electrons. The summed E-state index contributed by atoms with van der Waals surface area (Å²) in [4.78, 5) is 12.1. The summed E-state index contributed by atoms with van der Waals surface area (Å²) in [6.45, 7) is 5.12. The van der Waals surface area contributed by atoms with Crippen molar-refractivity contribution in [3.8, 4) is 0 Å². The molecule has 2 nitrogen and oxygen atoms in total. The number of hydrogen-bond acceptors (Lipinski definition) is 1. The number of nitrogens with one attached hydrogen (secondary N) is 1. The first kappa shape index (κ1) is 19.7. The predicted octanol–water partition coefficient (Wildman–Crippen LogP) is 5.51. The molecule has 1 amide bonds. The van der Waals surface area contributed by atoms with E-state index in [9.17, 15) is 4.79 Å². The normalized spacial score (nSPS) is 12.1. The number of aryl methyl sites for hydroxylation is 1. The van der Waals surface area contributed by atoms with Crippen LogP contribution in [0.3, 0.4) is 0 Å². The predicted molar refractivity (Wildman–Crippen MR) is 99.5 cm³/mol. The number of carbonyl (C=O) groups is 1. The Hall–Kier alpha value is -1.31. The van der Waals surface area contributed by atoms with Crippen LogP contribution in [0, 0.1) is 5.92 Å². The van der Waals surface area contributed by atoms with Crippen LogP contribution in [0.25, 0.3) is 0 Å². The van der Waals surface area contributed by atoms with E-state index >= 15 is 0 Å². The number of unbranched alkanes of at least 4 members (excludes halogenated alkanes) is 7. The largest absolute Gasteiger partial charge is 0.356 e. The van der Waals surface area contributed by atoms with Gasteiger partial charge in [0.2, 0.25) is 5.91 Å². The zero-order chi connectivity index (χ0) is 16.8. The van der Waals surface area contributed by atoms with E-state index in [0.29, 0.717) is 0 Å². The van der Waals surface area contributed by atoms with Gasteiger partial charge < -0.3 is 5.32 Å². The van der Waals surface area contributed by atoms with Crippen LogP contribution >= 0.6 is 0 Å². The molecule has 1 atom stereocenters. The molecule has 0 bridgehead atoms. The Kier molecular flexibility index (Phi) is 11.3. The van der Waals surface area contributed by atoms with Crippen LogP contribution in [-0.2, 0) is 11.2 Å². The van der Waals surface area contributed by atoms with Gasteiger partial charge in [-0.1, -0.05) is 89.1 Å². The maximum atomic E-state index is 12.1. The Bertz CT molecular complexity index is 402. The summed E-state index contributed by atoms with van der Waals surface area (Å²) < 4.78 is 0. The van der Waals surface area contributed by atoms with E-state index < -0.39 is 0 Å². The first-order valence-electron chi connectivity index (χ1n) is 9.55. The monoisotopic (exact) mass is 317 g/mol. The quantitative estimate of drug-likeness (QED) is 0.477. The molecular formula is C21H35NO. The van der Waals surface area contributed by atoms with E-state index in [1.54, 1.807) is 0 Å². The number of rotatable bonds is 13. The first-order chi connectivity index (χ1) is 11.2. The Balaban J connectivity index is 1.98. The molecule has 0 aliphatic rings. The second kappa shape index (κ2) is 13.2. The van der Waals surface area contributed by atoms with Gasteiger partial charge in [0.1, 0.15) is 0 Å².